The monoisotopic (exact) mass is 544 g/mol. The lowest BCUT2D eigenvalue weighted by Crippen LogP contribution is -2.48. The summed E-state index contributed by atoms with van der Waals surface area (Å²) >= 11 is 0. The number of ether oxygens (including phenoxy) is 1. The molecule has 0 aliphatic carbocycles. The fraction of sp³-hybridized carbons (Fsp3) is 0.348. The van der Waals surface area contributed by atoms with Crippen molar-refractivity contribution >= 4 is 29.4 Å². The quantitative estimate of drug-likeness (QED) is 0.236. The van der Waals surface area contributed by atoms with Crippen LogP contribution in [0.25, 0.3) is 0 Å². The van der Waals surface area contributed by atoms with E-state index in [2.05, 4.69) is 20.7 Å². The molecular formula is C23H24F4N4O7. The SMILES string of the molecule is CCNC(=O)Nc1cccn(C(CC)C(=O)NC(CC(=O)O)C(=O)COc2c(F)c(F)cc(F)c2F)c1=O. The molecule has 0 saturated carbocycles. The average molecular weight is 544 g/mol. The molecule has 2 atom stereocenters. The number of hydrogen-bond donors (Lipinski definition) is 4. The number of benzene rings is 1. The summed E-state index contributed by atoms with van der Waals surface area (Å²) in [7, 11) is 0. The predicted octanol–water partition coefficient (Wildman–Crippen LogP) is 2.10. The Balaban J connectivity index is 2.25. The standard InChI is InChI=1S/C23H24F4N4O7/c1-3-15(31-7-5-6-13(22(31)36)30-23(37)28-4-2)21(35)29-14(9-17(33)34)16(32)10-38-20-18(26)11(24)8-12(25)19(20)27/h5-8,14-15H,3-4,9-10H2,1-2H3,(H,29,35)(H,33,34)(H2,28,30,37). The molecule has 4 N–H and O–H groups in total. The molecule has 38 heavy (non-hydrogen) atoms. The van der Waals surface area contributed by atoms with Crippen molar-refractivity contribution in [1.29, 1.82) is 0 Å². The van der Waals surface area contributed by atoms with Crippen molar-refractivity contribution in [2.24, 2.45) is 0 Å². The number of nitrogens with one attached hydrogen (secondary N) is 3. The van der Waals surface area contributed by atoms with Gasteiger partial charge in [0.05, 0.1) is 6.42 Å². The molecule has 2 unspecified atom stereocenters. The molecule has 0 spiro atoms. The first-order chi connectivity index (χ1) is 17.9. The Morgan fingerprint density at radius 3 is 2.26 bits per heavy atom. The molecule has 2 aromatic rings. The molecule has 15 heteroatoms. The predicted molar refractivity (Wildman–Crippen MR) is 124 cm³/mol. The maximum absolute atomic E-state index is 13.8. The van der Waals surface area contributed by atoms with Gasteiger partial charge in [0.15, 0.2) is 23.2 Å². The summed E-state index contributed by atoms with van der Waals surface area (Å²) in [6.07, 6.45) is 0.237. The molecule has 3 amide bonds. The van der Waals surface area contributed by atoms with E-state index in [4.69, 9.17) is 5.11 Å². The van der Waals surface area contributed by atoms with Crippen LogP contribution in [-0.2, 0) is 14.4 Å². The zero-order valence-electron chi connectivity index (χ0n) is 20.1. The lowest BCUT2D eigenvalue weighted by atomic mass is 10.1. The summed E-state index contributed by atoms with van der Waals surface area (Å²) in [5, 5.41) is 16.1. The lowest BCUT2D eigenvalue weighted by Gasteiger charge is -2.22. The van der Waals surface area contributed by atoms with Crippen molar-refractivity contribution in [2.45, 2.75) is 38.8 Å². The van der Waals surface area contributed by atoms with E-state index in [0.29, 0.717) is 0 Å². The second kappa shape index (κ2) is 13.2. The molecule has 0 aliphatic heterocycles. The van der Waals surface area contributed by atoms with Gasteiger partial charge < -0.3 is 30.4 Å². The number of carboxylic acids is 1. The number of pyridine rings is 1. The number of ketones is 1. The van der Waals surface area contributed by atoms with Crippen LogP contribution in [0, 0.1) is 23.3 Å². The Morgan fingerprint density at radius 2 is 1.71 bits per heavy atom. The minimum atomic E-state index is -1.91. The minimum Gasteiger partial charge on any atom is -0.481 e. The van der Waals surface area contributed by atoms with E-state index in [0.717, 1.165) is 4.57 Å². The number of aromatic nitrogens is 1. The highest BCUT2D eigenvalue weighted by Gasteiger charge is 2.30. The van der Waals surface area contributed by atoms with Crippen LogP contribution >= 0.6 is 0 Å². The second-order valence-electron chi connectivity index (χ2n) is 7.75. The van der Waals surface area contributed by atoms with Crippen LogP contribution in [0.2, 0.25) is 0 Å². The third kappa shape index (κ3) is 7.30. The summed E-state index contributed by atoms with van der Waals surface area (Å²) in [5.74, 6) is -12.7. The number of nitrogens with zero attached hydrogens (tertiary/aromatic N) is 1. The maximum Gasteiger partial charge on any atom is 0.319 e. The smallest absolute Gasteiger partial charge is 0.319 e. The summed E-state index contributed by atoms with van der Waals surface area (Å²) in [4.78, 5) is 61.4. The molecular weight excluding hydrogens is 520 g/mol. The van der Waals surface area contributed by atoms with Gasteiger partial charge >= 0.3 is 12.0 Å². The Kier molecular flexibility index (Phi) is 10.4. The van der Waals surface area contributed by atoms with E-state index >= 15 is 0 Å². The molecule has 0 bridgehead atoms. The molecule has 11 nitrogen and oxygen atoms in total. The van der Waals surface area contributed by atoms with Crippen LogP contribution in [0.15, 0.2) is 29.2 Å². The van der Waals surface area contributed by atoms with E-state index in [1.807, 2.05) is 0 Å². The zero-order valence-corrected chi connectivity index (χ0v) is 20.1. The van der Waals surface area contributed by atoms with Crippen molar-refractivity contribution < 1.29 is 46.6 Å². The molecule has 0 saturated heterocycles. The van der Waals surface area contributed by atoms with Gasteiger partial charge in [0, 0.05) is 18.8 Å². The minimum absolute atomic E-state index is 0.0141. The molecule has 1 heterocycles. The van der Waals surface area contributed by atoms with Crippen molar-refractivity contribution in [2.75, 3.05) is 18.5 Å². The van der Waals surface area contributed by atoms with E-state index in [9.17, 15) is 41.5 Å². The topological polar surface area (TPSA) is 156 Å². The first-order valence-corrected chi connectivity index (χ1v) is 11.2. The number of hydrogen-bond acceptors (Lipinski definition) is 6. The number of carbonyl (C=O) groups excluding carboxylic acids is 3. The first kappa shape index (κ1) is 29.8. The highest BCUT2D eigenvalue weighted by Crippen LogP contribution is 2.26. The van der Waals surface area contributed by atoms with Crippen LogP contribution in [0.4, 0.5) is 28.0 Å². The lowest BCUT2D eigenvalue weighted by molar-refractivity contribution is -0.140. The van der Waals surface area contributed by atoms with Gasteiger partial charge in [-0.15, -0.1) is 0 Å². The maximum atomic E-state index is 13.8. The molecule has 2 rings (SSSR count). The highest BCUT2D eigenvalue weighted by atomic mass is 19.2. The Morgan fingerprint density at radius 1 is 1.08 bits per heavy atom. The molecule has 206 valence electrons. The van der Waals surface area contributed by atoms with Crippen molar-refractivity contribution in [1.82, 2.24) is 15.2 Å². The largest absolute Gasteiger partial charge is 0.481 e. The van der Waals surface area contributed by atoms with E-state index < -0.39 is 83.4 Å². The Labute approximate surface area is 212 Å². The van der Waals surface area contributed by atoms with E-state index in [1.165, 1.54) is 25.3 Å². The van der Waals surface area contributed by atoms with Gasteiger partial charge in [-0.05, 0) is 25.5 Å². The Hall–Kier alpha value is -4.43. The van der Waals surface area contributed by atoms with Gasteiger partial charge in [-0.2, -0.15) is 8.78 Å². The Bertz CT molecular complexity index is 1260. The molecule has 0 radical (unpaired) electrons. The highest BCUT2D eigenvalue weighted by molar-refractivity contribution is 5.94. The van der Waals surface area contributed by atoms with Gasteiger partial charge in [0.25, 0.3) is 5.56 Å². The number of carbonyl (C=O) groups is 4. The van der Waals surface area contributed by atoms with Crippen molar-refractivity contribution in [3.8, 4) is 5.75 Å². The van der Waals surface area contributed by atoms with E-state index in [-0.39, 0.29) is 24.7 Å². The summed E-state index contributed by atoms with van der Waals surface area (Å²) in [5.41, 5.74) is -0.938. The molecule has 0 fully saturated rings. The zero-order chi connectivity index (χ0) is 28.6. The van der Waals surface area contributed by atoms with Gasteiger partial charge in [-0.3, -0.25) is 19.2 Å². The third-order valence-corrected chi connectivity index (χ3v) is 5.10. The molecule has 0 aliphatic rings. The summed E-state index contributed by atoms with van der Waals surface area (Å²) in [6.45, 7) is 2.20. The number of amides is 3. The first-order valence-electron chi connectivity index (χ1n) is 11.2. The number of halogens is 4. The fourth-order valence-electron chi connectivity index (χ4n) is 3.30. The summed E-state index contributed by atoms with van der Waals surface area (Å²) < 4.78 is 59.9. The average Bonchev–Trinajstić information content (AvgIpc) is 2.84. The number of rotatable bonds is 12. The summed E-state index contributed by atoms with van der Waals surface area (Å²) in [6, 6.07) is -1.14. The number of carboxylic acid groups (broad SMARTS) is 1. The van der Waals surface area contributed by atoms with Crippen LogP contribution in [0.1, 0.15) is 32.7 Å². The van der Waals surface area contributed by atoms with E-state index in [1.54, 1.807) is 6.92 Å². The van der Waals surface area contributed by atoms with Crippen LogP contribution in [-0.4, -0.2) is 52.6 Å². The van der Waals surface area contributed by atoms with Crippen LogP contribution in [0.5, 0.6) is 5.75 Å². The number of Topliss-reactive ketones (excluding diaryl/α,β-unsaturated/α-hetero) is 1. The van der Waals surface area contributed by atoms with Gasteiger partial charge in [0.2, 0.25) is 17.5 Å². The van der Waals surface area contributed by atoms with Gasteiger partial charge in [-0.25, -0.2) is 13.6 Å². The van der Waals surface area contributed by atoms with Gasteiger partial charge in [0.1, 0.15) is 24.4 Å². The van der Waals surface area contributed by atoms with Gasteiger partial charge in [-0.1, -0.05) is 6.92 Å². The van der Waals surface area contributed by atoms with Crippen molar-refractivity contribution in [3.63, 3.8) is 0 Å². The third-order valence-electron chi connectivity index (χ3n) is 5.10. The second-order valence-corrected chi connectivity index (χ2v) is 7.75. The van der Waals surface area contributed by atoms with Crippen molar-refractivity contribution in [3.05, 3.63) is 58.0 Å². The molecule has 1 aromatic heterocycles. The normalized spacial score (nSPS) is 12.3. The molecule has 1 aromatic carbocycles. The van der Waals surface area contributed by atoms with Crippen LogP contribution < -0.4 is 26.2 Å². The fourth-order valence-corrected chi connectivity index (χ4v) is 3.30. The number of urea groups is 1. The number of aliphatic carboxylic acids is 1. The number of anilines is 1. The van der Waals surface area contributed by atoms with Crippen LogP contribution in [0.3, 0.4) is 0 Å².